The molecule has 0 amide bonds. The number of rotatable bonds is 2. The molecule has 1 fully saturated rings. The first-order valence-corrected chi connectivity index (χ1v) is 5.22. The quantitative estimate of drug-likeness (QED) is 0.719. The van der Waals surface area contributed by atoms with Crippen molar-refractivity contribution in [2.45, 2.75) is 18.4 Å². The highest BCUT2D eigenvalue weighted by atomic mass is 16.5. The van der Waals surface area contributed by atoms with Crippen molar-refractivity contribution in [1.29, 1.82) is 5.41 Å². The summed E-state index contributed by atoms with van der Waals surface area (Å²) in [6.45, 7) is 1.48. The molecule has 0 radical (unpaired) electrons. The van der Waals surface area contributed by atoms with E-state index in [2.05, 4.69) is 0 Å². The van der Waals surface area contributed by atoms with E-state index in [0.717, 1.165) is 37.2 Å². The van der Waals surface area contributed by atoms with Crippen LogP contribution < -0.4 is 5.73 Å². The summed E-state index contributed by atoms with van der Waals surface area (Å²) in [6.07, 6.45) is 3.09. The Kier molecular flexibility index (Phi) is 2.84. The van der Waals surface area contributed by atoms with Gasteiger partial charge in [-0.3, -0.25) is 0 Å². The Morgan fingerprint density at radius 2 is 1.80 bits per heavy atom. The number of nitrogens with two attached hydrogens (primary N) is 1. The maximum atomic E-state index is 7.13. The maximum Gasteiger partial charge on any atom is 0.0486 e. The predicted molar refractivity (Wildman–Crippen MR) is 60.2 cm³/mol. The van der Waals surface area contributed by atoms with Crippen LogP contribution in [0.15, 0.2) is 24.3 Å². The first-order chi connectivity index (χ1) is 7.24. The summed E-state index contributed by atoms with van der Waals surface area (Å²) in [4.78, 5) is 0. The second-order valence-electron chi connectivity index (χ2n) is 4.03. The fraction of sp³-hybridized carbons (Fsp3) is 0.417. The highest BCUT2D eigenvalue weighted by molar-refractivity contribution is 5.76. The zero-order chi connectivity index (χ0) is 10.7. The summed E-state index contributed by atoms with van der Waals surface area (Å²) in [6, 6.07) is 7.91. The lowest BCUT2D eigenvalue weighted by Crippen LogP contribution is -2.42. The molecule has 3 nitrogen and oxygen atoms in total. The van der Waals surface area contributed by atoms with Gasteiger partial charge in [-0.05, 0) is 24.0 Å². The first-order valence-electron chi connectivity index (χ1n) is 5.22. The van der Waals surface area contributed by atoms with Crippen molar-refractivity contribution >= 4 is 6.21 Å². The summed E-state index contributed by atoms with van der Waals surface area (Å²) in [5.41, 5.74) is 8.16. The molecular weight excluding hydrogens is 188 g/mol. The van der Waals surface area contributed by atoms with Crippen LogP contribution in [0.1, 0.15) is 24.0 Å². The van der Waals surface area contributed by atoms with Crippen molar-refractivity contribution in [3.05, 3.63) is 35.4 Å². The molecule has 0 bridgehead atoms. The largest absolute Gasteiger partial charge is 0.381 e. The van der Waals surface area contributed by atoms with E-state index in [1.165, 1.54) is 6.21 Å². The van der Waals surface area contributed by atoms with Gasteiger partial charge >= 0.3 is 0 Å². The molecule has 2 rings (SSSR count). The third-order valence-electron chi connectivity index (χ3n) is 3.04. The van der Waals surface area contributed by atoms with Crippen molar-refractivity contribution < 1.29 is 4.74 Å². The third-order valence-corrected chi connectivity index (χ3v) is 3.04. The third kappa shape index (κ3) is 2.08. The van der Waals surface area contributed by atoms with Crippen molar-refractivity contribution in [3.63, 3.8) is 0 Å². The molecule has 0 aliphatic carbocycles. The van der Waals surface area contributed by atoms with E-state index in [4.69, 9.17) is 15.9 Å². The molecule has 1 aromatic rings. The van der Waals surface area contributed by atoms with Crippen LogP contribution in [0.2, 0.25) is 0 Å². The van der Waals surface area contributed by atoms with Crippen LogP contribution in [0, 0.1) is 5.41 Å². The van der Waals surface area contributed by atoms with Gasteiger partial charge in [0.1, 0.15) is 0 Å². The van der Waals surface area contributed by atoms with Gasteiger partial charge in [0.2, 0.25) is 0 Å². The SMILES string of the molecule is N=Cc1ccc(C2(N)CCOCC2)cc1. The van der Waals surface area contributed by atoms with Crippen LogP contribution in [0.5, 0.6) is 0 Å². The fourth-order valence-electron chi connectivity index (χ4n) is 1.94. The van der Waals surface area contributed by atoms with Crippen LogP contribution in [-0.4, -0.2) is 19.4 Å². The molecule has 3 N–H and O–H groups in total. The Bertz CT molecular complexity index is 339. The van der Waals surface area contributed by atoms with E-state index in [1.54, 1.807) is 0 Å². The lowest BCUT2D eigenvalue weighted by molar-refractivity contribution is 0.0522. The number of nitrogens with one attached hydrogen (secondary N) is 1. The number of benzene rings is 1. The molecule has 1 aliphatic heterocycles. The molecule has 1 aliphatic rings. The lowest BCUT2D eigenvalue weighted by atomic mass is 9.83. The number of ether oxygens (including phenoxy) is 1. The summed E-state index contributed by atoms with van der Waals surface area (Å²) in [5.74, 6) is 0. The molecule has 1 heterocycles. The Morgan fingerprint density at radius 3 is 2.33 bits per heavy atom. The average Bonchev–Trinajstić information content (AvgIpc) is 2.30. The zero-order valence-electron chi connectivity index (χ0n) is 8.70. The van der Waals surface area contributed by atoms with Crippen LogP contribution >= 0.6 is 0 Å². The van der Waals surface area contributed by atoms with Crippen LogP contribution in [-0.2, 0) is 10.3 Å². The number of hydrogen-bond acceptors (Lipinski definition) is 3. The topological polar surface area (TPSA) is 59.1 Å². The smallest absolute Gasteiger partial charge is 0.0486 e. The second-order valence-corrected chi connectivity index (χ2v) is 4.03. The minimum atomic E-state index is -0.237. The zero-order valence-corrected chi connectivity index (χ0v) is 8.70. The van der Waals surface area contributed by atoms with Gasteiger partial charge < -0.3 is 15.9 Å². The standard InChI is InChI=1S/C12H16N2O/c13-9-10-1-3-11(4-2-10)12(14)5-7-15-8-6-12/h1-4,9,13H,5-8,14H2. The van der Waals surface area contributed by atoms with Gasteiger partial charge in [0.05, 0.1) is 0 Å². The summed E-state index contributed by atoms with van der Waals surface area (Å²) in [5, 5.41) is 7.13. The summed E-state index contributed by atoms with van der Waals surface area (Å²) >= 11 is 0. The van der Waals surface area contributed by atoms with Crippen LogP contribution in [0.3, 0.4) is 0 Å². The molecule has 0 spiro atoms. The predicted octanol–water partition coefficient (Wildman–Crippen LogP) is 1.65. The van der Waals surface area contributed by atoms with E-state index in [-0.39, 0.29) is 5.54 Å². The van der Waals surface area contributed by atoms with Gasteiger partial charge in [0.25, 0.3) is 0 Å². The molecule has 0 unspecified atom stereocenters. The van der Waals surface area contributed by atoms with E-state index >= 15 is 0 Å². The molecule has 0 atom stereocenters. The maximum absolute atomic E-state index is 7.13. The molecule has 3 heteroatoms. The Labute approximate surface area is 89.8 Å². The van der Waals surface area contributed by atoms with Crippen LogP contribution in [0.25, 0.3) is 0 Å². The molecule has 80 valence electrons. The normalized spacial score (nSPS) is 19.8. The molecule has 1 saturated heterocycles. The summed E-state index contributed by atoms with van der Waals surface area (Å²) < 4.78 is 5.32. The monoisotopic (exact) mass is 204 g/mol. The van der Waals surface area contributed by atoms with E-state index in [0.29, 0.717) is 0 Å². The van der Waals surface area contributed by atoms with Crippen molar-refractivity contribution in [3.8, 4) is 0 Å². The van der Waals surface area contributed by atoms with Crippen molar-refractivity contribution in [2.75, 3.05) is 13.2 Å². The van der Waals surface area contributed by atoms with Gasteiger partial charge in [0.15, 0.2) is 0 Å². The first kappa shape index (κ1) is 10.3. The minimum Gasteiger partial charge on any atom is -0.381 e. The fourth-order valence-corrected chi connectivity index (χ4v) is 1.94. The van der Waals surface area contributed by atoms with E-state index in [1.807, 2.05) is 24.3 Å². The highest BCUT2D eigenvalue weighted by Gasteiger charge is 2.29. The Balaban J connectivity index is 2.23. The lowest BCUT2D eigenvalue weighted by Gasteiger charge is -2.33. The van der Waals surface area contributed by atoms with Gasteiger partial charge in [-0.15, -0.1) is 0 Å². The van der Waals surface area contributed by atoms with Gasteiger partial charge in [-0.2, -0.15) is 0 Å². The van der Waals surface area contributed by atoms with Gasteiger partial charge in [-0.1, -0.05) is 24.3 Å². The van der Waals surface area contributed by atoms with Crippen molar-refractivity contribution in [2.24, 2.45) is 5.73 Å². The molecule has 1 aromatic carbocycles. The van der Waals surface area contributed by atoms with Gasteiger partial charge in [0, 0.05) is 25.0 Å². The van der Waals surface area contributed by atoms with Crippen molar-refractivity contribution in [1.82, 2.24) is 0 Å². The molecular formula is C12H16N2O. The van der Waals surface area contributed by atoms with E-state index < -0.39 is 0 Å². The Hall–Kier alpha value is -1.19. The minimum absolute atomic E-state index is 0.237. The molecule has 0 saturated carbocycles. The van der Waals surface area contributed by atoms with E-state index in [9.17, 15) is 0 Å². The number of hydrogen-bond donors (Lipinski definition) is 2. The summed E-state index contributed by atoms with van der Waals surface area (Å²) in [7, 11) is 0. The Morgan fingerprint density at radius 1 is 1.20 bits per heavy atom. The second kappa shape index (κ2) is 4.13. The van der Waals surface area contributed by atoms with Gasteiger partial charge in [-0.25, -0.2) is 0 Å². The van der Waals surface area contributed by atoms with Crippen LogP contribution in [0.4, 0.5) is 0 Å². The molecule has 15 heavy (non-hydrogen) atoms. The average molecular weight is 204 g/mol. The highest BCUT2D eigenvalue weighted by Crippen LogP contribution is 2.29. The molecule has 0 aromatic heterocycles.